The van der Waals surface area contributed by atoms with Crippen LogP contribution in [0.15, 0.2) is 18.3 Å². The summed E-state index contributed by atoms with van der Waals surface area (Å²) in [7, 11) is 19.9. The quantitative estimate of drug-likeness (QED) is 0.271. The van der Waals surface area contributed by atoms with E-state index in [1.54, 1.807) is 0 Å². The summed E-state index contributed by atoms with van der Waals surface area (Å²) < 4.78 is 42.5. The molecule has 0 aliphatic carbocycles. The highest BCUT2D eigenvalue weighted by atomic mass is 31.3. The molecule has 0 aromatic carbocycles. The van der Waals surface area contributed by atoms with Gasteiger partial charge in [0.2, 0.25) is 0 Å². The molecule has 1 aliphatic rings. The molecule has 12 nitrogen and oxygen atoms in total. The Morgan fingerprint density at radius 2 is 1.12 bits per heavy atom. The van der Waals surface area contributed by atoms with Gasteiger partial charge in [-0.25, -0.2) is 14.1 Å². The number of hydrogen-bond acceptors (Lipinski definition) is 7. The van der Waals surface area contributed by atoms with Crippen LogP contribution in [-0.4, -0.2) is 160 Å². The van der Waals surface area contributed by atoms with Crippen molar-refractivity contribution in [1.82, 2.24) is 37.4 Å². The average Bonchev–Trinajstić information content (AvgIpc) is 2.78. The molecule has 0 bridgehead atoms. The summed E-state index contributed by atoms with van der Waals surface area (Å²) in [6.07, 6.45) is 0. The Morgan fingerprint density at radius 3 is 1.43 bits per heavy atom. The van der Waals surface area contributed by atoms with Crippen LogP contribution in [0.1, 0.15) is 41.5 Å². The van der Waals surface area contributed by atoms with Crippen LogP contribution < -0.4 is 0 Å². The first-order valence-corrected chi connectivity index (χ1v) is 20.5. The van der Waals surface area contributed by atoms with Crippen LogP contribution in [0.3, 0.4) is 0 Å². The number of rotatable bonds is 8. The zero-order chi connectivity index (χ0) is 31.8. The molecule has 0 fully saturated rings. The molecule has 0 saturated carbocycles. The van der Waals surface area contributed by atoms with E-state index in [0.29, 0.717) is 0 Å². The molecule has 0 amide bonds. The van der Waals surface area contributed by atoms with E-state index in [4.69, 9.17) is 18.3 Å². The lowest BCUT2D eigenvalue weighted by atomic mass is 10.1. The molecule has 0 aromatic heterocycles. The average molecular weight is 645 g/mol. The first kappa shape index (κ1) is 38.6. The van der Waals surface area contributed by atoms with Gasteiger partial charge in [-0.15, -0.1) is 0 Å². The second-order valence-electron chi connectivity index (χ2n) is 13.2. The van der Waals surface area contributed by atoms with Crippen molar-refractivity contribution in [3.8, 4) is 0 Å². The van der Waals surface area contributed by atoms with Crippen LogP contribution in [0.25, 0.3) is 0 Å². The van der Waals surface area contributed by atoms with Crippen LogP contribution in [-0.2, 0) is 0 Å². The molecule has 16 heteroatoms. The van der Waals surface area contributed by atoms with Crippen molar-refractivity contribution in [1.29, 1.82) is 0 Å². The van der Waals surface area contributed by atoms with Gasteiger partial charge in [-0.2, -0.15) is 13.5 Å². The lowest BCUT2D eigenvalue weighted by molar-refractivity contribution is 0.306. The fraction of sp³-hybridized carbons (Fsp3) is 1.00. The molecular formula is C24H64N12P4. The first-order chi connectivity index (χ1) is 17.9. The van der Waals surface area contributed by atoms with Crippen molar-refractivity contribution in [3.05, 3.63) is 0 Å². The van der Waals surface area contributed by atoms with E-state index >= 15 is 0 Å². The van der Waals surface area contributed by atoms with Crippen molar-refractivity contribution in [2.45, 2.75) is 58.8 Å². The van der Waals surface area contributed by atoms with Gasteiger partial charge in [-0.1, -0.05) is 13.8 Å². The minimum atomic E-state index is -3.14. The third-order valence-corrected chi connectivity index (χ3v) is 24.3. The van der Waals surface area contributed by atoms with Gasteiger partial charge in [-0.05, 0) is 126 Å². The van der Waals surface area contributed by atoms with E-state index in [1.165, 1.54) is 0 Å². The third-order valence-electron chi connectivity index (χ3n) is 7.23. The number of likely N-dealkylation sites (N-methyl/N-ethyl adjacent to an activating group) is 2. The minimum absolute atomic E-state index is 0.211. The van der Waals surface area contributed by atoms with Crippen molar-refractivity contribution < 1.29 is 0 Å². The van der Waals surface area contributed by atoms with Gasteiger partial charge >= 0.3 is 7.51 Å². The normalized spacial score (nSPS) is 25.4. The summed E-state index contributed by atoms with van der Waals surface area (Å²) in [5, 5.41) is 0. The van der Waals surface area contributed by atoms with E-state index in [2.05, 4.69) is 178 Å². The molecule has 2 atom stereocenters. The minimum Gasteiger partial charge on any atom is -0.264 e. The van der Waals surface area contributed by atoms with E-state index in [0.717, 1.165) is 6.54 Å². The predicted octanol–water partition coefficient (Wildman–Crippen LogP) is 6.70. The summed E-state index contributed by atoms with van der Waals surface area (Å²) >= 11 is 0. The maximum atomic E-state index is 6.02. The number of hydrogen-bond donors (Lipinski definition) is 0. The SMILES string of the molecule is CC1CN(C)P(N(C)C)(N(C)C)=NP(=NC(C)(C)C)(N=P(C(C)C)(N(C)C)N(C)C)N=P(N(C)C)(N(C)C)N1C. The first-order valence-electron chi connectivity index (χ1n) is 14.0. The summed E-state index contributed by atoms with van der Waals surface area (Å²) in [6, 6.07) is 0.211. The second kappa shape index (κ2) is 13.7. The second-order valence-corrected chi connectivity index (χ2v) is 27.1. The van der Waals surface area contributed by atoms with Gasteiger partial charge < -0.3 is 0 Å². The van der Waals surface area contributed by atoms with Gasteiger partial charge in [-0.3, -0.25) is 28.0 Å². The highest BCUT2D eigenvalue weighted by molar-refractivity contribution is 7.81. The molecule has 0 aromatic rings. The van der Waals surface area contributed by atoms with E-state index < -0.39 is 35.4 Å². The standard InChI is InChI=1S/C24H64N12P4/c1-22(2)37(29(7)8,30(9)10)26-38(25-24(4,5)6)27-39(31(11)12,32(13)14)35(19)21-23(3)36(20)40(28-38,33(15)16)34(17)18/h22-23H,21H2,1-20H3. The molecule has 40 heavy (non-hydrogen) atoms. The summed E-state index contributed by atoms with van der Waals surface area (Å²) in [5.41, 5.74) is -0.149. The van der Waals surface area contributed by atoms with Crippen LogP contribution in [0.5, 0.6) is 0 Å². The Balaban J connectivity index is 5.10. The lowest BCUT2D eigenvalue weighted by Crippen LogP contribution is -2.43. The molecule has 1 heterocycles. The topological polar surface area (TPSA) is 75.4 Å². The molecule has 0 spiro atoms. The monoisotopic (exact) mass is 644 g/mol. The third kappa shape index (κ3) is 7.28. The largest absolute Gasteiger partial charge is 0.305 e. The molecule has 240 valence electrons. The lowest BCUT2D eigenvalue weighted by Gasteiger charge is -2.46. The van der Waals surface area contributed by atoms with Crippen molar-refractivity contribution in [2.24, 2.45) is 18.3 Å². The summed E-state index contributed by atoms with van der Waals surface area (Å²) in [5.74, 6) is 0. The van der Waals surface area contributed by atoms with Gasteiger partial charge in [0.05, 0.1) is 5.54 Å². The van der Waals surface area contributed by atoms with Gasteiger partial charge in [0, 0.05) is 18.2 Å². The van der Waals surface area contributed by atoms with Crippen LogP contribution in [0.2, 0.25) is 0 Å². The smallest absolute Gasteiger partial charge is 0.264 e. The Kier molecular flexibility index (Phi) is 13.2. The van der Waals surface area contributed by atoms with Gasteiger partial charge in [0.1, 0.15) is 7.36 Å². The highest BCUT2D eigenvalue weighted by Gasteiger charge is 2.45. The maximum Gasteiger partial charge on any atom is 0.305 e. The van der Waals surface area contributed by atoms with Gasteiger partial charge in [0.25, 0.3) is 0 Å². The predicted molar refractivity (Wildman–Crippen MR) is 184 cm³/mol. The molecule has 0 saturated heterocycles. The molecule has 1 aliphatic heterocycles. The molecule has 1 rings (SSSR count). The fourth-order valence-corrected chi connectivity index (χ4v) is 25.6. The van der Waals surface area contributed by atoms with Crippen LogP contribution in [0, 0.1) is 0 Å². The Bertz CT molecular complexity index is 1030. The Hall–Kier alpha value is 0.600. The Labute approximate surface area is 249 Å². The zero-order valence-corrected chi connectivity index (χ0v) is 33.1. The fourth-order valence-electron chi connectivity index (χ4n) is 5.78. The zero-order valence-electron chi connectivity index (χ0n) is 29.5. The molecular weight excluding hydrogens is 580 g/mol. The van der Waals surface area contributed by atoms with Crippen LogP contribution in [0.4, 0.5) is 0 Å². The number of nitrogens with zero attached hydrogens (tertiary/aromatic N) is 12. The van der Waals surface area contributed by atoms with Crippen molar-refractivity contribution >= 4 is 29.9 Å². The van der Waals surface area contributed by atoms with Crippen molar-refractivity contribution in [3.63, 3.8) is 0 Å². The van der Waals surface area contributed by atoms with E-state index in [9.17, 15) is 0 Å². The Morgan fingerprint density at radius 1 is 0.750 bits per heavy atom. The van der Waals surface area contributed by atoms with Crippen molar-refractivity contribution in [2.75, 3.05) is 105 Å². The summed E-state index contributed by atoms with van der Waals surface area (Å²) in [4.78, 5) is 0. The van der Waals surface area contributed by atoms with Crippen LogP contribution >= 0.6 is 29.9 Å². The molecule has 0 N–H and O–H groups in total. The molecule has 0 radical (unpaired) electrons. The maximum absolute atomic E-state index is 6.02. The van der Waals surface area contributed by atoms with E-state index in [-0.39, 0.29) is 11.7 Å². The van der Waals surface area contributed by atoms with Gasteiger partial charge in [0.15, 0.2) is 15.0 Å². The summed E-state index contributed by atoms with van der Waals surface area (Å²) in [6.45, 7) is 14.2. The van der Waals surface area contributed by atoms with E-state index in [1.807, 2.05) is 0 Å². The highest BCUT2D eigenvalue weighted by Crippen LogP contribution is 2.79. The molecule has 2 unspecified atom stereocenters.